The van der Waals surface area contributed by atoms with Crippen LogP contribution in [-0.4, -0.2) is 46.7 Å². The molecule has 34 heavy (non-hydrogen) atoms. The molecule has 3 aromatic rings. The number of fused-ring (bicyclic) bond motifs is 1. The number of hydrogen-bond acceptors (Lipinski definition) is 4. The van der Waals surface area contributed by atoms with Crippen LogP contribution in [0.25, 0.3) is 0 Å². The first-order chi connectivity index (χ1) is 16.6. The Labute approximate surface area is 199 Å². The van der Waals surface area contributed by atoms with Crippen molar-refractivity contribution in [2.45, 2.75) is 32.0 Å². The van der Waals surface area contributed by atoms with Gasteiger partial charge in [-0.2, -0.15) is 0 Å². The Kier molecular flexibility index (Phi) is 6.23. The van der Waals surface area contributed by atoms with E-state index in [1.807, 2.05) is 36.4 Å². The summed E-state index contributed by atoms with van der Waals surface area (Å²) in [5.74, 6) is -0.875. The lowest BCUT2D eigenvalue weighted by atomic mass is 10.0. The molecule has 5 rings (SSSR count). The molecule has 1 N–H and O–H groups in total. The van der Waals surface area contributed by atoms with Crippen molar-refractivity contribution in [3.8, 4) is 0 Å². The van der Waals surface area contributed by atoms with Gasteiger partial charge in [-0.15, -0.1) is 0 Å². The van der Waals surface area contributed by atoms with Crippen molar-refractivity contribution >= 4 is 17.7 Å². The van der Waals surface area contributed by atoms with E-state index in [9.17, 15) is 14.4 Å². The van der Waals surface area contributed by atoms with Gasteiger partial charge >= 0.3 is 0 Å². The number of carbonyl (C=O) groups excluding carboxylic acids is 3. The highest BCUT2D eigenvalue weighted by atomic mass is 16.2. The zero-order valence-electron chi connectivity index (χ0n) is 18.9. The summed E-state index contributed by atoms with van der Waals surface area (Å²) < 4.78 is 0. The van der Waals surface area contributed by atoms with Gasteiger partial charge in [0.05, 0.1) is 17.7 Å². The number of imide groups is 1. The number of amides is 3. The molecule has 2 aliphatic heterocycles. The molecule has 6 nitrogen and oxygen atoms in total. The Hall–Kier alpha value is -3.77. The Balaban J connectivity index is 1.20. The monoisotopic (exact) mass is 453 g/mol. The molecular formula is C28H27N3O3. The predicted octanol–water partition coefficient (Wildman–Crippen LogP) is 3.88. The van der Waals surface area contributed by atoms with Crippen molar-refractivity contribution < 1.29 is 14.4 Å². The molecule has 2 heterocycles. The minimum atomic E-state index is -0.354. The lowest BCUT2D eigenvalue weighted by molar-refractivity contribution is 0.0642. The van der Waals surface area contributed by atoms with E-state index in [-0.39, 0.29) is 30.3 Å². The van der Waals surface area contributed by atoms with Crippen LogP contribution in [0.15, 0.2) is 78.9 Å². The van der Waals surface area contributed by atoms with E-state index in [2.05, 4.69) is 34.5 Å². The largest absolute Gasteiger partial charge is 0.349 e. The van der Waals surface area contributed by atoms with E-state index in [0.29, 0.717) is 16.7 Å². The van der Waals surface area contributed by atoms with Crippen molar-refractivity contribution in [2.24, 2.45) is 0 Å². The zero-order chi connectivity index (χ0) is 23.5. The van der Waals surface area contributed by atoms with E-state index in [4.69, 9.17) is 0 Å². The summed E-state index contributed by atoms with van der Waals surface area (Å²) in [4.78, 5) is 42.3. The fraction of sp³-hybridized carbons (Fsp3) is 0.250. The molecule has 0 aromatic heterocycles. The number of likely N-dealkylation sites (tertiary alicyclic amines) is 1. The number of piperidine rings is 1. The Morgan fingerprint density at radius 3 is 2.00 bits per heavy atom. The molecule has 172 valence electrons. The molecule has 0 unspecified atom stereocenters. The maximum Gasteiger partial charge on any atom is 0.261 e. The average Bonchev–Trinajstić information content (AvgIpc) is 3.11. The average molecular weight is 454 g/mol. The van der Waals surface area contributed by atoms with Crippen LogP contribution in [0.5, 0.6) is 0 Å². The Bertz CT molecular complexity index is 1200. The minimum Gasteiger partial charge on any atom is -0.349 e. The Morgan fingerprint density at radius 2 is 1.35 bits per heavy atom. The van der Waals surface area contributed by atoms with E-state index in [1.165, 1.54) is 10.5 Å². The first kappa shape index (κ1) is 22.0. The topological polar surface area (TPSA) is 69.7 Å². The standard InChI is InChI=1S/C28H27N3O3/c32-26(29-23-13-15-30(16-14-23)18-20-7-3-1-4-8-20)22-11-12-24-25(17-22)28(34)31(27(24)33)19-21-9-5-2-6-10-21/h1-12,17,23H,13-16,18-19H2,(H,29,32). The third-order valence-corrected chi connectivity index (χ3v) is 6.59. The molecule has 0 aliphatic carbocycles. The first-order valence-corrected chi connectivity index (χ1v) is 11.7. The predicted molar refractivity (Wildman–Crippen MR) is 129 cm³/mol. The molecule has 1 fully saturated rings. The van der Waals surface area contributed by atoms with E-state index in [1.54, 1.807) is 18.2 Å². The van der Waals surface area contributed by atoms with Gasteiger partial charge in [0.1, 0.15) is 0 Å². The molecule has 2 aliphatic rings. The third-order valence-electron chi connectivity index (χ3n) is 6.59. The van der Waals surface area contributed by atoms with Crippen molar-refractivity contribution in [1.82, 2.24) is 15.1 Å². The molecule has 0 saturated carbocycles. The summed E-state index contributed by atoms with van der Waals surface area (Å²) >= 11 is 0. The van der Waals surface area contributed by atoms with Gasteiger partial charge in [0, 0.05) is 31.2 Å². The van der Waals surface area contributed by atoms with Crippen molar-refractivity contribution in [3.05, 3.63) is 107 Å². The van der Waals surface area contributed by atoms with E-state index < -0.39 is 0 Å². The smallest absolute Gasteiger partial charge is 0.261 e. The van der Waals surface area contributed by atoms with Gasteiger partial charge in [-0.3, -0.25) is 24.2 Å². The maximum absolute atomic E-state index is 12.9. The van der Waals surface area contributed by atoms with Gasteiger partial charge in [-0.05, 0) is 42.2 Å². The molecule has 0 radical (unpaired) electrons. The zero-order valence-corrected chi connectivity index (χ0v) is 18.9. The quantitative estimate of drug-likeness (QED) is 0.575. The molecule has 0 bridgehead atoms. The van der Waals surface area contributed by atoms with E-state index >= 15 is 0 Å². The lowest BCUT2D eigenvalue weighted by Crippen LogP contribution is -2.44. The van der Waals surface area contributed by atoms with Crippen LogP contribution in [0.4, 0.5) is 0 Å². The second kappa shape index (κ2) is 9.61. The van der Waals surface area contributed by atoms with Gasteiger partial charge in [0.25, 0.3) is 17.7 Å². The summed E-state index contributed by atoms with van der Waals surface area (Å²) in [6, 6.07) is 24.7. The highest BCUT2D eigenvalue weighted by molar-refractivity contribution is 6.22. The van der Waals surface area contributed by atoms with Gasteiger partial charge in [0.2, 0.25) is 0 Å². The minimum absolute atomic E-state index is 0.0969. The van der Waals surface area contributed by atoms with Crippen LogP contribution in [0.2, 0.25) is 0 Å². The van der Waals surface area contributed by atoms with E-state index in [0.717, 1.165) is 38.0 Å². The van der Waals surface area contributed by atoms with Gasteiger partial charge in [-0.1, -0.05) is 60.7 Å². The number of carbonyl (C=O) groups is 3. The van der Waals surface area contributed by atoms with Gasteiger partial charge in [-0.25, -0.2) is 0 Å². The van der Waals surface area contributed by atoms with Crippen molar-refractivity contribution in [1.29, 1.82) is 0 Å². The van der Waals surface area contributed by atoms with Crippen LogP contribution in [0.3, 0.4) is 0 Å². The van der Waals surface area contributed by atoms with Crippen molar-refractivity contribution in [3.63, 3.8) is 0 Å². The fourth-order valence-electron chi connectivity index (χ4n) is 4.69. The van der Waals surface area contributed by atoms with Crippen LogP contribution in [-0.2, 0) is 13.1 Å². The molecule has 0 atom stereocenters. The van der Waals surface area contributed by atoms with Crippen molar-refractivity contribution in [2.75, 3.05) is 13.1 Å². The molecule has 6 heteroatoms. The maximum atomic E-state index is 12.9. The normalized spacial score (nSPS) is 16.5. The number of benzene rings is 3. The number of nitrogens with one attached hydrogen (secondary N) is 1. The fourth-order valence-corrected chi connectivity index (χ4v) is 4.69. The second-order valence-electron chi connectivity index (χ2n) is 8.95. The second-order valence-corrected chi connectivity index (χ2v) is 8.95. The van der Waals surface area contributed by atoms with Gasteiger partial charge in [0.15, 0.2) is 0 Å². The Morgan fingerprint density at radius 1 is 0.765 bits per heavy atom. The summed E-state index contributed by atoms with van der Waals surface area (Å²) in [5, 5.41) is 3.11. The first-order valence-electron chi connectivity index (χ1n) is 11.7. The molecule has 0 spiro atoms. The third kappa shape index (κ3) is 4.63. The van der Waals surface area contributed by atoms with Crippen LogP contribution >= 0.6 is 0 Å². The summed E-state index contributed by atoms with van der Waals surface area (Å²) in [7, 11) is 0. The van der Waals surface area contributed by atoms with Gasteiger partial charge < -0.3 is 5.32 Å². The molecule has 1 saturated heterocycles. The summed E-state index contributed by atoms with van der Waals surface area (Å²) in [6.07, 6.45) is 1.76. The molecular weight excluding hydrogens is 426 g/mol. The SMILES string of the molecule is O=C(NC1CCN(Cc2ccccc2)CC1)c1ccc2c(c1)C(=O)N(Cc1ccccc1)C2=O. The molecule has 3 amide bonds. The number of hydrogen-bond donors (Lipinski definition) is 1. The highest BCUT2D eigenvalue weighted by Crippen LogP contribution is 2.26. The number of nitrogens with zero attached hydrogens (tertiary/aromatic N) is 2. The lowest BCUT2D eigenvalue weighted by Gasteiger charge is -2.32. The highest BCUT2D eigenvalue weighted by Gasteiger charge is 2.36. The van der Waals surface area contributed by atoms with Crippen LogP contribution in [0.1, 0.15) is 55.0 Å². The van der Waals surface area contributed by atoms with Crippen LogP contribution in [0, 0.1) is 0 Å². The number of rotatable bonds is 6. The molecule has 3 aromatic carbocycles. The van der Waals surface area contributed by atoms with Crippen LogP contribution < -0.4 is 5.32 Å². The summed E-state index contributed by atoms with van der Waals surface area (Å²) in [6.45, 7) is 2.98. The summed E-state index contributed by atoms with van der Waals surface area (Å²) in [5.41, 5.74) is 3.24.